The van der Waals surface area contributed by atoms with Crippen LogP contribution in [0.3, 0.4) is 0 Å². The number of rotatable bonds is 3. The van der Waals surface area contributed by atoms with Gasteiger partial charge >= 0.3 is 35.6 Å². The first-order valence-electron chi connectivity index (χ1n) is 5.89. The predicted octanol–water partition coefficient (Wildman–Crippen LogP) is 3.85. The van der Waals surface area contributed by atoms with E-state index in [1.165, 1.54) is 13.2 Å². The molecule has 2 nitrogen and oxygen atoms in total. The molecule has 1 atom stereocenters. The van der Waals surface area contributed by atoms with Gasteiger partial charge in [0.15, 0.2) is 11.5 Å². The number of phenols is 1. The van der Waals surface area contributed by atoms with Gasteiger partial charge in [-0.3, -0.25) is 0 Å². The average molecular weight is 383 g/mol. The van der Waals surface area contributed by atoms with Crippen LogP contribution in [-0.2, 0) is 17.0 Å². The van der Waals surface area contributed by atoms with Crippen molar-refractivity contribution >= 4 is 37.8 Å². The molecule has 2 rings (SSSR count). The van der Waals surface area contributed by atoms with Gasteiger partial charge in [-0.15, -0.1) is 0 Å². The van der Waals surface area contributed by atoms with E-state index in [2.05, 4.69) is 0 Å². The Morgan fingerprint density at radius 2 is 1.81 bits per heavy atom. The van der Waals surface area contributed by atoms with Crippen LogP contribution >= 0.6 is 27.2 Å². The second-order valence-electron chi connectivity index (χ2n) is 3.98. The Hall–Kier alpha value is -0.306. The summed E-state index contributed by atoms with van der Waals surface area (Å²) in [7, 11) is 11.3. The van der Waals surface area contributed by atoms with Crippen LogP contribution in [0.1, 0.15) is 5.56 Å². The number of benzene rings is 2. The normalized spacial score (nSPS) is 10.1. The van der Waals surface area contributed by atoms with Crippen molar-refractivity contribution in [2.24, 2.45) is 0 Å². The number of ether oxygens (including phenoxy) is 1. The average Bonchev–Trinajstić information content (AvgIpc) is 2.45. The van der Waals surface area contributed by atoms with Crippen LogP contribution in [0.15, 0.2) is 36.4 Å². The van der Waals surface area contributed by atoms with E-state index in [-0.39, 0.29) is 20.1 Å². The molecule has 7 heteroatoms. The van der Waals surface area contributed by atoms with Crippen molar-refractivity contribution in [2.75, 3.05) is 7.11 Å². The Labute approximate surface area is 142 Å². The summed E-state index contributed by atoms with van der Waals surface area (Å²) >= 11 is -0.556. The van der Waals surface area contributed by atoms with Gasteiger partial charge in [0.05, 0.1) is 7.11 Å². The molecule has 0 aliphatic heterocycles. The van der Waals surface area contributed by atoms with Crippen molar-refractivity contribution in [2.45, 2.75) is 6.92 Å². The Morgan fingerprint density at radius 3 is 2.38 bits per heavy atom. The Morgan fingerprint density at radius 1 is 1.19 bits per heavy atom. The third kappa shape index (κ3) is 5.43. The van der Waals surface area contributed by atoms with Crippen LogP contribution in [0.5, 0.6) is 11.5 Å². The molecule has 1 unspecified atom stereocenters. The van der Waals surface area contributed by atoms with Crippen molar-refractivity contribution in [1.82, 2.24) is 0 Å². The molecule has 0 fully saturated rings. The van der Waals surface area contributed by atoms with E-state index >= 15 is 0 Å². The Bertz CT molecular complexity index is 579. The fourth-order valence-electron chi connectivity index (χ4n) is 1.71. The standard InChI is InChI=1S/C14H14FO2P.2ClH.Ti/c1-9-5-3-6-10(15)14(9)18-12-8-4-7-11(17-2)13(12)16;;;/h3-8,16,18H,1-2H3;2*1H;/q;;;+2/p-2. The van der Waals surface area contributed by atoms with Gasteiger partial charge in [-0.25, -0.2) is 4.39 Å². The number of aryl methyl sites for hydroxylation is 1. The fraction of sp³-hybridized carbons (Fsp3) is 0.143. The van der Waals surface area contributed by atoms with Crippen LogP contribution in [0.2, 0.25) is 0 Å². The van der Waals surface area contributed by atoms with Gasteiger partial charge in [0.2, 0.25) is 0 Å². The van der Waals surface area contributed by atoms with Crippen molar-refractivity contribution < 1.29 is 31.3 Å². The fourth-order valence-corrected chi connectivity index (χ4v) is 2.89. The molecule has 0 aliphatic rings. The molecule has 2 aromatic rings. The first kappa shape index (κ1) is 18.7. The summed E-state index contributed by atoms with van der Waals surface area (Å²) in [5.74, 6) is 0.255. The molecule has 21 heavy (non-hydrogen) atoms. The van der Waals surface area contributed by atoms with E-state index in [9.17, 15) is 9.50 Å². The molecule has 2 aromatic carbocycles. The number of hydrogen-bond acceptors (Lipinski definition) is 2. The van der Waals surface area contributed by atoms with E-state index in [1.54, 1.807) is 24.3 Å². The van der Waals surface area contributed by atoms with Crippen LogP contribution in [0.4, 0.5) is 4.39 Å². The van der Waals surface area contributed by atoms with Crippen LogP contribution in [-0.4, -0.2) is 12.2 Å². The second-order valence-corrected chi connectivity index (χ2v) is 7.85. The van der Waals surface area contributed by atoms with Crippen molar-refractivity contribution in [3.05, 3.63) is 47.8 Å². The molecule has 0 radical (unpaired) electrons. The zero-order chi connectivity index (χ0) is 15.8. The SMILES string of the molecule is COc1cccc(Pc2c(C)cccc2F)c1O.[Cl][Ti][Cl]. The second kappa shape index (κ2) is 9.66. The Balaban J connectivity index is 0.000000677. The molecule has 0 amide bonds. The summed E-state index contributed by atoms with van der Waals surface area (Å²) in [6.45, 7) is 1.86. The van der Waals surface area contributed by atoms with Gasteiger partial charge in [-0.05, 0) is 24.6 Å². The molecule has 0 spiro atoms. The van der Waals surface area contributed by atoms with Crippen molar-refractivity contribution in [3.8, 4) is 11.5 Å². The molecule has 1 N–H and O–H groups in total. The quantitative estimate of drug-likeness (QED) is 0.645. The summed E-state index contributed by atoms with van der Waals surface area (Å²) in [4.78, 5) is 0. The van der Waals surface area contributed by atoms with Gasteiger partial charge in [0.25, 0.3) is 0 Å². The number of methoxy groups -OCH3 is 1. The molecular formula is C14H14Cl2FO2PTi. The molecule has 0 bridgehead atoms. The summed E-state index contributed by atoms with van der Waals surface area (Å²) in [6, 6.07) is 10.2. The maximum absolute atomic E-state index is 13.7. The molecule has 0 saturated heterocycles. The minimum absolute atomic E-state index is 0.0677. The van der Waals surface area contributed by atoms with E-state index < -0.39 is 17.0 Å². The van der Waals surface area contributed by atoms with E-state index in [4.69, 9.17) is 23.3 Å². The number of halogens is 3. The summed E-state index contributed by atoms with van der Waals surface area (Å²) in [5, 5.41) is 11.3. The molecule has 112 valence electrons. The number of aromatic hydroxyl groups is 1. The predicted molar refractivity (Wildman–Crippen MR) is 85.1 cm³/mol. The van der Waals surface area contributed by atoms with E-state index in [1.807, 2.05) is 13.0 Å². The molecule has 0 heterocycles. The minimum atomic E-state index is -0.556. The van der Waals surface area contributed by atoms with Crippen LogP contribution < -0.4 is 15.3 Å². The monoisotopic (exact) mass is 382 g/mol. The molecule has 0 aliphatic carbocycles. The van der Waals surface area contributed by atoms with Gasteiger partial charge in [0, 0.05) is 10.6 Å². The van der Waals surface area contributed by atoms with Crippen molar-refractivity contribution in [3.63, 3.8) is 0 Å². The maximum atomic E-state index is 13.7. The first-order chi connectivity index (χ1) is 10.0. The number of phenolic OH excluding ortho intramolecular Hbond substituents is 1. The third-order valence-corrected chi connectivity index (χ3v) is 4.26. The Kier molecular flexibility index (Phi) is 8.62. The third-order valence-electron chi connectivity index (χ3n) is 2.70. The van der Waals surface area contributed by atoms with Gasteiger partial charge in [-0.1, -0.05) is 32.8 Å². The number of hydrogen-bond donors (Lipinski definition) is 1. The van der Waals surface area contributed by atoms with E-state index in [0.717, 1.165) is 5.56 Å². The van der Waals surface area contributed by atoms with E-state index in [0.29, 0.717) is 16.4 Å². The number of para-hydroxylation sites is 1. The molecule has 0 saturated carbocycles. The summed E-state index contributed by atoms with van der Waals surface area (Å²) < 4.78 is 18.8. The zero-order valence-corrected chi connectivity index (χ0v) is 15.5. The first-order valence-corrected chi connectivity index (χ1v) is 11.2. The van der Waals surface area contributed by atoms with Gasteiger partial charge < -0.3 is 9.84 Å². The molecule has 0 aromatic heterocycles. The zero-order valence-electron chi connectivity index (χ0n) is 11.5. The van der Waals surface area contributed by atoms with Gasteiger partial charge in [-0.2, -0.15) is 0 Å². The topological polar surface area (TPSA) is 29.5 Å². The molecular weight excluding hydrogens is 369 g/mol. The van der Waals surface area contributed by atoms with Crippen LogP contribution in [0.25, 0.3) is 0 Å². The summed E-state index contributed by atoms with van der Waals surface area (Å²) in [6.07, 6.45) is 0. The van der Waals surface area contributed by atoms with Crippen LogP contribution in [0, 0.1) is 12.7 Å². The summed E-state index contributed by atoms with van der Waals surface area (Å²) in [5.41, 5.74) is 0.885. The van der Waals surface area contributed by atoms with Crippen molar-refractivity contribution in [1.29, 1.82) is 0 Å². The van der Waals surface area contributed by atoms with Gasteiger partial charge in [0.1, 0.15) is 5.82 Å².